The first kappa shape index (κ1) is 10.0. The van der Waals surface area contributed by atoms with Gasteiger partial charge in [-0.25, -0.2) is 0 Å². The molecule has 0 amide bonds. The molecule has 1 nitrogen and oxygen atoms in total. The maximum absolute atomic E-state index is 3.76. The Morgan fingerprint density at radius 3 is 2.92 bits per heavy atom. The molecule has 0 radical (unpaired) electrons. The van der Waals surface area contributed by atoms with Crippen LogP contribution >= 0.6 is 0 Å². The zero-order chi connectivity index (χ0) is 9.68. The number of hydrogen-bond donors (Lipinski definition) is 1. The van der Waals surface area contributed by atoms with Crippen LogP contribution in [0.25, 0.3) is 6.08 Å². The van der Waals surface area contributed by atoms with Crippen molar-refractivity contribution in [1.82, 2.24) is 5.32 Å². The summed E-state index contributed by atoms with van der Waals surface area (Å²) in [7, 11) is 0. The summed E-state index contributed by atoms with van der Waals surface area (Å²) in [5.74, 6) is 0. The van der Waals surface area contributed by atoms with E-state index in [0.717, 1.165) is 6.54 Å². The zero-order valence-electron chi connectivity index (χ0n) is 8.38. The number of nitrogens with one attached hydrogen (secondary N) is 1. The van der Waals surface area contributed by atoms with Gasteiger partial charge in [0.25, 0.3) is 0 Å². The largest absolute Gasteiger partial charge is 0.310 e. The Morgan fingerprint density at radius 1 is 1.54 bits per heavy atom. The molecule has 0 spiro atoms. The second kappa shape index (κ2) is 4.83. The van der Waals surface area contributed by atoms with Crippen LogP contribution in [-0.2, 0) is 0 Å². The van der Waals surface area contributed by atoms with Crippen molar-refractivity contribution in [1.29, 1.82) is 0 Å². The molecule has 1 N–H and O–H groups in total. The molecule has 0 aromatic heterocycles. The molecule has 1 atom stereocenters. The minimum absolute atomic E-state index is 0.421. The van der Waals surface area contributed by atoms with Gasteiger partial charge in [0.15, 0.2) is 0 Å². The van der Waals surface area contributed by atoms with Crippen LogP contribution in [0, 0.1) is 0 Å². The van der Waals surface area contributed by atoms with Crippen LogP contribution in [0.15, 0.2) is 30.8 Å². The molecule has 0 aliphatic carbocycles. The van der Waals surface area contributed by atoms with E-state index >= 15 is 0 Å². The third-order valence-electron chi connectivity index (χ3n) is 2.16. The van der Waals surface area contributed by atoms with E-state index in [2.05, 4.69) is 50.0 Å². The lowest BCUT2D eigenvalue weighted by molar-refractivity contribution is 0.598. The lowest BCUT2D eigenvalue weighted by Crippen LogP contribution is -2.17. The maximum atomic E-state index is 3.76. The average molecular weight is 175 g/mol. The molecule has 1 unspecified atom stereocenters. The van der Waals surface area contributed by atoms with Gasteiger partial charge in [0.2, 0.25) is 0 Å². The van der Waals surface area contributed by atoms with E-state index in [4.69, 9.17) is 0 Å². The first-order valence-corrected chi connectivity index (χ1v) is 4.73. The summed E-state index contributed by atoms with van der Waals surface area (Å²) in [4.78, 5) is 0. The van der Waals surface area contributed by atoms with Crippen molar-refractivity contribution in [2.75, 3.05) is 6.54 Å². The van der Waals surface area contributed by atoms with E-state index in [1.807, 2.05) is 6.08 Å². The van der Waals surface area contributed by atoms with Gasteiger partial charge in [0.05, 0.1) is 0 Å². The van der Waals surface area contributed by atoms with Crippen molar-refractivity contribution in [2.45, 2.75) is 19.9 Å². The van der Waals surface area contributed by atoms with Crippen molar-refractivity contribution in [3.63, 3.8) is 0 Å². The fraction of sp³-hybridized carbons (Fsp3) is 0.333. The van der Waals surface area contributed by atoms with E-state index in [-0.39, 0.29) is 0 Å². The SMILES string of the molecule is C=Cc1cccc(C(C)NCC)c1. The Labute approximate surface area is 80.5 Å². The van der Waals surface area contributed by atoms with Gasteiger partial charge in [-0.1, -0.05) is 43.8 Å². The number of benzene rings is 1. The molecule has 0 aliphatic rings. The van der Waals surface area contributed by atoms with Crippen LogP contribution in [0.3, 0.4) is 0 Å². The quantitative estimate of drug-likeness (QED) is 0.741. The normalized spacial score (nSPS) is 12.5. The third-order valence-corrected chi connectivity index (χ3v) is 2.16. The highest BCUT2D eigenvalue weighted by Gasteiger charge is 2.02. The standard InChI is InChI=1S/C12H17N/c1-4-11-7-6-8-12(9-11)10(3)13-5-2/h4,6-10,13H,1,5H2,2-3H3. The predicted molar refractivity (Wildman–Crippen MR) is 58.6 cm³/mol. The summed E-state index contributed by atoms with van der Waals surface area (Å²) in [6.07, 6.45) is 1.88. The smallest absolute Gasteiger partial charge is 0.0291 e. The van der Waals surface area contributed by atoms with Crippen LogP contribution < -0.4 is 5.32 Å². The monoisotopic (exact) mass is 175 g/mol. The molecule has 13 heavy (non-hydrogen) atoms. The molecule has 0 heterocycles. The van der Waals surface area contributed by atoms with Crippen molar-refractivity contribution >= 4 is 6.08 Å². The Hall–Kier alpha value is -1.08. The molecular weight excluding hydrogens is 158 g/mol. The van der Waals surface area contributed by atoms with E-state index in [9.17, 15) is 0 Å². The first-order valence-electron chi connectivity index (χ1n) is 4.73. The lowest BCUT2D eigenvalue weighted by Gasteiger charge is -2.12. The molecule has 0 fully saturated rings. The second-order valence-electron chi connectivity index (χ2n) is 3.15. The molecule has 0 bridgehead atoms. The average Bonchev–Trinajstić information content (AvgIpc) is 2.18. The molecule has 1 heteroatoms. The fourth-order valence-electron chi connectivity index (χ4n) is 1.38. The third kappa shape index (κ3) is 2.71. The van der Waals surface area contributed by atoms with Crippen LogP contribution in [0.5, 0.6) is 0 Å². The van der Waals surface area contributed by atoms with Gasteiger partial charge in [-0.15, -0.1) is 0 Å². The van der Waals surface area contributed by atoms with Crippen LogP contribution in [0.2, 0.25) is 0 Å². The van der Waals surface area contributed by atoms with Gasteiger partial charge in [0.1, 0.15) is 0 Å². The Kier molecular flexibility index (Phi) is 3.71. The highest BCUT2D eigenvalue weighted by molar-refractivity contribution is 5.48. The van der Waals surface area contributed by atoms with Crippen molar-refractivity contribution in [3.05, 3.63) is 42.0 Å². The minimum Gasteiger partial charge on any atom is -0.310 e. The topological polar surface area (TPSA) is 12.0 Å². The van der Waals surface area contributed by atoms with E-state index in [0.29, 0.717) is 6.04 Å². The van der Waals surface area contributed by atoms with Gasteiger partial charge < -0.3 is 5.32 Å². The summed E-state index contributed by atoms with van der Waals surface area (Å²) in [6.45, 7) is 9.05. The van der Waals surface area contributed by atoms with E-state index in [1.165, 1.54) is 11.1 Å². The Morgan fingerprint density at radius 2 is 2.31 bits per heavy atom. The number of rotatable bonds is 4. The molecule has 70 valence electrons. The van der Waals surface area contributed by atoms with Gasteiger partial charge in [0, 0.05) is 6.04 Å². The molecule has 1 rings (SSSR count). The first-order chi connectivity index (χ1) is 6.27. The van der Waals surface area contributed by atoms with E-state index in [1.54, 1.807) is 0 Å². The Balaban J connectivity index is 2.81. The number of hydrogen-bond acceptors (Lipinski definition) is 1. The van der Waals surface area contributed by atoms with Gasteiger partial charge in [-0.05, 0) is 24.6 Å². The van der Waals surface area contributed by atoms with Crippen LogP contribution in [0.4, 0.5) is 0 Å². The molecule has 1 aromatic rings. The highest BCUT2D eigenvalue weighted by atomic mass is 14.9. The molecule has 0 aliphatic heterocycles. The summed E-state index contributed by atoms with van der Waals surface area (Å²) >= 11 is 0. The zero-order valence-corrected chi connectivity index (χ0v) is 8.38. The summed E-state index contributed by atoms with van der Waals surface area (Å²) in [6, 6.07) is 8.86. The summed E-state index contributed by atoms with van der Waals surface area (Å²) in [5, 5.41) is 3.38. The second-order valence-corrected chi connectivity index (χ2v) is 3.15. The molecular formula is C12H17N. The van der Waals surface area contributed by atoms with Crippen molar-refractivity contribution in [2.24, 2.45) is 0 Å². The molecule has 0 saturated carbocycles. The fourth-order valence-corrected chi connectivity index (χ4v) is 1.38. The molecule has 1 aromatic carbocycles. The van der Waals surface area contributed by atoms with Crippen molar-refractivity contribution in [3.8, 4) is 0 Å². The van der Waals surface area contributed by atoms with Gasteiger partial charge >= 0.3 is 0 Å². The minimum atomic E-state index is 0.421. The maximum Gasteiger partial charge on any atom is 0.0291 e. The predicted octanol–water partition coefficient (Wildman–Crippen LogP) is 3.00. The van der Waals surface area contributed by atoms with Gasteiger partial charge in [-0.2, -0.15) is 0 Å². The lowest BCUT2D eigenvalue weighted by atomic mass is 10.1. The van der Waals surface area contributed by atoms with Crippen LogP contribution in [-0.4, -0.2) is 6.54 Å². The molecule has 0 saturated heterocycles. The van der Waals surface area contributed by atoms with Crippen molar-refractivity contribution < 1.29 is 0 Å². The summed E-state index contributed by atoms with van der Waals surface area (Å²) in [5.41, 5.74) is 2.50. The van der Waals surface area contributed by atoms with Gasteiger partial charge in [-0.3, -0.25) is 0 Å². The van der Waals surface area contributed by atoms with E-state index < -0.39 is 0 Å². The highest BCUT2D eigenvalue weighted by Crippen LogP contribution is 2.14. The Bertz CT molecular complexity index is 278. The van der Waals surface area contributed by atoms with Crippen LogP contribution in [0.1, 0.15) is 31.0 Å². The summed E-state index contributed by atoms with van der Waals surface area (Å²) < 4.78 is 0.